The molecule has 0 aliphatic carbocycles. The van der Waals surface area contributed by atoms with Crippen molar-refractivity contribution < 1.29 is 9.59 Å². The average Bonchev–Trinajstić information content (AvgIpc) is 2.62. The second kappa shape index (κ2) is 7.92. The van der Waals surface area contributed by atoms with E-state index in [1.54, 1.807) is 17.0 Å². The first kappa shape index (κ1) is 18.5. The van der Waals surface area contributed by atoms with Gasteiger partial charge in [-0.15, -0.1) is 0 Å². The molecule has 1 N–H and O–H groups in total. The van der Waals surface area contributed by atoms with Gasteiger partial charge in [0.05, 0.1) is 16.6 Å². The summed E-state index contributed by atoms with van der Waals surface area (Å²) in [5, 5.41) is 3.40. The zero-order chi connectivity index (χ0) is 18.7. The number of aryl methyl sites for hydroxylation is 2. The van der Waals surface area contributed by atoms with Gasteiger partial charge in [0, 0.05) is 18.7 Å². The van der Waals surface area contributed by atoms with Crippen molar-refractivity contribution in [2.24, 2.45) is 5.92 Å². The van der Waals surface area contributed by atoms with Crippen molar-refractivity contribution in [1.29, 1.82) is 0 Å². The van der Waals surface area contributed by atoms with Crippen LogP contribution in [0.1, 0.15) is 34.3 Å². The number of para-hydroxylation sites is 1. The minimum absolute atomic E-state index is 0.00737. The van der Waals surface area contributed by atoms with Crippen LogP contribution in [0, 0.1) is 19.8 Å². The van der Waals surface area contributed by atoms with Gasteiger partial charge in [-0.2, -0.15) is 0 Å². The maximum Gasteiger partial charge on any atom is 0.253 e. The van der Waals surface area contributed by atoms with Gasteiger partial charge in [0.25, 0.3) is 5.91 Å². The maximum absolute atomic E-state index is 12.9. The number of amides is 2. The number of halogens is 1. The van der Waals surface area contributed by atoms with E-state index >= 15 is 0 Å². The van der Waals surface area contributed by atoms with Crippen molar-refractivity contribution >= 4 is 29.1 Å². The number of nitrogens with zero attached hydrogens (tertiary/aromatic N) is 1. The Kier molecular flexibility index (Phi) is 5.62. The number of piperidine rings is 1. The second-order valence-corrected chi connectivity index (χ2v) is 7.34. The van der Waals surface area contributed by atoms with Crippen LogP contribution in [0.2, 0.25) is 5.02 Å². The van der Waals surface area contributed by atoms with E-state index in [2.05, 4.69) is 5.32 Å². The summed E-state index contributed by atoms with van der Waals surface area (Å²) in [5.41, 5.74) is 3.43. The number of benzene rings is 2. The summed E-state index contributed by atoms with van der Waals surface area (Å²) in [6.45, 7) is 5.09. The number of carbonyl (C=O) groups excluding carboxylic acids is 2. The number of likely N-dealkylation sites (tertiary alicyclic amines) is 1. The van der Waals surface area contributed by atoms with E-state index in [0.29, 0.717) is 29.4 Å². The molecule has 1 heterocycles. The summed E-state index contributed by atoms with van der Waals surface area (Å²) in [6, 6.07) is 13.0. The molecular formula is C21H23ClN2O2. The van der Waals surface area contributed by atoms with Gasteiger partial charge in [-0.05, 0) is 51.0 Å². The van der Waals surface area contributed by atoms with Crippen LogP contribution in [-0.2, 0) is 4.79 Å². The lowest BCUT2D eigenvalue weighted by Crippen LogP contribution is -2.43. The number of hydrogen-bond donors (Lipinski definition) is 1. The Labute approximate surface area is 159 Å². The molecule has 2 amide bonds. The molecule has 0 radical (unpaired) electrons. The van der Waals surface area contributed by atoms with Crippen LogP contribution in [-0.4, -0.2) is 29.8 Å². The SMILES string of the molecule is Cc1cc(C)cc(C(=O)N2CCC[C@@H](C(=O)Nc3ccccc3Cl)C2)c1. The molecule has 26 heavy (non-hydrogen) atoms. The fraction of sp³-hybridized carbons (Fsp3) is 0.333. The standard InChI is InChI=1S/C21H23ClN2O2/c1-14-10-15(2)12-17(11-14)21(26)24-9-5-6-16(13-24)20(25)23-19-8-4-3-7-18(19)22/h3-4,7-8,10-12,16H,5-6,9,13H2,1-2H3,(H,23,25)/t16-/m1/s1. The lowest BCUT2D eigenvalue weighted by molar-refractivity contribution is -0.121. The zero-order valence-corrected chi connectivity index (χ0v) is 15.8. The first-order valence-electron chi connectivity index (χ1n) is 8.87. The summed E-state index contributed by atoms with van der Waals surface area (Å²) >= 11 is 6.12. The lowest BCUT2D eigenvalue weighted by Gasteiger charge is -2.32. The normalized spacial score (nSPS) is 17.0. The van der Waals surface area contributed by atoms with Crippen LogP contribution < -0.4 is 5.32 Å². The van der Waals surface area contributed by atoms with E-state index in [-0.39, 0.29) is 17.7 Å². The number of carbonyl (C=O) groups is 2. The number of hydrogen-bond acceptors (Lipinski definition) is 2. The third-order valence-electron chi connectivity index (χ3n) is 4.68. The van der Waals surface area contributed by atoms with Gasteiger partial charge >= 0.3 is 0 Å². The Morgan fingerprint density at radius 3 is 2.50 bits per heavy atom. The van der Waals surface area contributed by atoms with Gasteiger partial charge in [0.2, 0.25) is 5.91 Å². The van der Waals surface area contributed by atoms with Crippen LogP contribution in [0.15, 0.2) is 42.5 Å². The van der Waals surface area contributed by atoms with Crippen LogP contribution in [0.4, 0.5) is 5.69 Å². The average molecular weight is 371 g/mol. The fourth-order valence-corrected chi connectivity index (χ4v) is 3.64. The molecule has 5 heteroatoms. The molecule has 4 nitrogen and oxygen atoms in total. The molecule has 2 aromatic carbocycles. The fourth-order valence-electron chi connectivity index (χ4n) is 3.45. The third-order valence-corrected chi connectivity index (χ3v) is 5.01. The molecule has 0 bridgehead atoms. The Bertz CT molecular complexity index is 814. The van der Waals surface area contributed by atoms with Crippen molar-refractivity contribution in [3.8, 4) is 0 Å². The summed E-state index contributed by atoms with van der Waals surface area (Å²) in [4.78, 5) is 27.3. The Hall–Kier alpha value is -2.33. The molecule has 0 saturated carbocycles. The summed E-state index contributed by atoms with van der Waals surface area (Å²) in [6.07, 6.45) is 1.59. The highest BCUT2D eigenvalue weighted by Gasteiger charge is 2.29. The van der Waals surface area contributed by atoms with E-state index in [1.165, 1.54) is 0 Å². The van der Waals surface area contributed by atoms with Crippen molar-refractivity contribution in [3.05, 3.63) is 64.2 Å². The van der Waals surface area contributed by atoms with Gasteiger partial charge in [0.1, 0.15) is 0 Å². The predicted octanol–water partition coefficient (Wildman–Crippen LogP) is 4.45. The van der Waals surface area contributed by atoms with Gasteiger partial charge in [-0.25, -0.2) is 0 Å². The van der Waals surface area contributed by atoms with Crippen LogP contribution in [0.25, 0.3) is 0 Å². The smallest absolute Gasteiger partial charge is 0.253 e. The highest BCUT2D eigenvalue weighted by molar-refractivity contribution is 6.33. The first-order valence-corrected chi connectivity index (χ1v) is 9.25. The highest BCUT2D eigenvalue weighted by atomic mass is 35.5. The number of rotatable bonds is 3. The van der Waals surface area contributed by atoms with E-state index in [9.17, 15) is 9.59 Å². The molecule has 136 valence electrons. The monoisotopic (exact) mass is 370 g/mol. The van der Waals surface area contributed by atoms with E-state index in [0.717, 1.165) is 24.0 Å². The topological polar surface area (TPSA) is 49.4 Å². The second-order valence-electron chi connectivity index (χ2n) is 6.94. The van der Waals surface area contributed by atoms with Crippen molar-refractivity contribution in [2.75, 3.05) is 18.4 Å². The molecule has 1 fully saturated rings. The zero-order valence-electron chi connectivity index (χ0n) is 15.1. The molecule has 1 saturated heterocycles. The molecule has 1 aliphatic heterocycles. The minimum atomic E-state index is -0.227. The first-order chi connectivity index (χ1) is 12.4. The predicted molar refractivity (Wildman–Crippen MR) is 105 cm³/mol. The summed E-state index contributed by atoms with van der Waals surface area (Å²) in [7, 11) is 0. The van der Waals surface area contributed by atoms with Crippen LogP contribution in [0.3, 0.4) is 0 Å². The molecule has 3 rings (SSSR count). The quantitative estimate of drug-likeness (QED) is 0.867. The van der Waals surface area contributed by atoms with Crippen molar-refractivity contribution in [3.63, 3.8) is 0 Å². The molecule has 1 aliphatic rings. The van der Waals surface area contributed by atoms with Gasteiger partial charge in [-0.3, -0.25) is 9.59 Å². The van der Waals surface area contributed by atoms with E-state index in [4.69, 9.17) is 11.6 Å². The third kappa shape index (κ3) is 4.25. The van der Waals surface area contributed by atoms with Crippen molar-refractivity contribution in [2.45, 2.75) is 26.7 Å². The Morgan fingerprint density at radius 1 is 1.12 bits per heavy atom. The minimum Gasteiger partial charge on any atom is -0.338 e. The van der Waals surface area contributed by atoms with E-state index < -0.39 is 0 Å². The highest BCUT2D eigenvalue weighted by Crippen LogP contribution is 2.24. The summed E-state index contributed by atoms with van der Waals surface area (Å²) in [5.74, 6) is -0.321. The number of nitrogens with one attached hydrogen (secondary N) is 1. The van der Waals surface area contributed by atoms with Crippen LogP contribution in [0.5, 0.6) is 0 Å². The maximum atomic E-state index is 12.9. The van der Waals surface area contributed by atoms with Crippen molar-refractivity contribution in [1.82, 2.24) is 4.90 Å². The molecule has 0 spiro atoms. The largest absolute Gasteiger partial charge is 0.338 e. The Morgan fingerprint density at radius 2 is 1.81 bits per heavy atom. The summed E-state index contributed by atoms with van der Waals surface area (Å²) < 4.78 is 0. The Balaban J connectivity index is 1.69. The molecular weight excluding hydrogens is 348 g/mol. The number of anilines is 1. The molecule has 0 unspecified atom stereocenters. The van der Waals surface area contributed by atoms with E-state index in [1.807, 2.05) is 44.2 Å². The van der Waals surface area contributed by atoms with Crippen LogP contribution >= 0.6 is 11.6 Å². The molecule has 0 aromatic heterocycles. The lowest BCUT2D eigenvalue weighted by atomic mass is 9.96. The van der Waals surface area contributed by atoms with Gasteiger partial charge in [-0.1, -0.05) is 40.9 Å². The van der Waals surface area contributed by atoms with Gasteiger partial charge < -0.3 is 10.2 Å². The molecule has 2 aromatic rings. The van der Waals surface area contributed by atoms with Gasteiger partial charge in [0.15, 0.2) is 0 Å². The molecule has 1 atom stereocenters.